The highest BCUT2D eigenvalue weighted by atomic mass is 32.2. The lowest BCUT2D eigenvalue weighted by molar-refractivity contribution is 0.0964. The molecule has 1 heterocycles. The Kier molecular flexibility index (Phi) is 2.30. The minimum atomic E-state index is -3.57. The lowest BCUT2D eigenvalue weighted by atomic mass is 10.0. The van der Waals surface area contributed by atoms with Crippen LogP contribution < -0.4 is 0 Å². The molecule has 0 spiro atoms. The number of carbonyl (C=O) groups excluding carboxylic acids is 1. The number of fused-ring (bicyclic) bond motifs is 3. The van der Waals surface area contributed by atoms with E-state index in [1.807, 2.05) is 12.1 Å². The first-order chi connectivity index (χ1) is 8.51. The smallest absolute Gasteiger partial charge is 0.244 e. The van der Waals surface area contributed by atoms with Crippen LogP contribution in [0.5, 0.6) is 0 Å². The van der Waals surface area contributed by atoms with Gasteiger partial charge in [-0.1, -0.05) is 30.3 Å². The van der Waals surface area contributed by atoms with Crippen molar-refractivity contribution in [2.75, 3.05) is 13.6 Å². The Bertz CT molecular complexity index is 765. The van der Waals surface area contributed by atoms with Gasteiger partial charge in [0.2, 0.25) is 10.0 Å². The number of rotatable bonds is 0. The first-order valence-corrected chi connectivity index (χ1v) is 6.97. The molecule has 1 aliphatic rings. The van der Waals surface area contributed by atoms with E-state index in [0.717, 1.165) is 9.69 Å². The predicted octanol–water partition coefficient (Wildman–Crippen LogP) is 1.66. The van der Waals surface area contributed by atoms with Gasteiger partial charge >= 0.3 is 0 Å². The van der Waals surface area contributed by atoms with E-state index in [1.165, 1.54) is 7.05 Å². The molecule has 1 aliphatic heterocycles. The van der Waals surface area contributed by atoms with Crippen molar-refractivity contribution in [2.45, 2.75) is 4.90 Å². The van der Waals surface area contributed by atoms with Gasteiger partial charge in [-0.15, -0.1) is 0 Å². The summed E-state index contributed by atoms with van der Waals surface area (Å²) < 4.78 is 25.8. The van der Waals surface area contributed by atoms with Crippen LogP contribution in [0.1, 0.15) is 10.4 Å². The van der Waals surface area contributed by atoms with Gasteiger partial charge in [-0.2, -0.15) is 4.31 Å². The topological polar surface area (TPSA) is 54.5 Å². The molecule has 5 heteroatoms. The van der Waals surface area contributed by atoms with Crippen molar-refractivity contribution in [1.82, 2.24) is 4.31 Å². The number of nitrogens with zero attached hydrogens (tertiary/aromatic N) is 1. The van der Waals surface area contributed by atoms with E-state index in [2.05, 4.69) is 0 Å². The molecule has 92 valence electrons. The molecule has 0 atom stereocenters. The number of carbonyl (C=O) groups is 1. The van der Waals surface area contributed by atoms with Gasteiger partial charge in [0.05, 0.1) is 6.54 Å². The van der Waals surface area contributed by atoms with Gasteiger partial charge in [0.15, 0.2) is 5.78 Å². The van der Waals surface area contributed by atoms with Crippen LogP contribution in [-0.4, -0.2) is 32.1 Å². The third kappa shape index (κ3) is 1.41. The van der Waals surface area contributed by atoms with Crippen molar-refractivity contribution in [3.63, 3.8) is 0 Å². The van der Waals surface area contributed by atoms with Crippen molar-refractivity contribution >= 4 is 26.6 Å². The average Bonchev–Trinajstić information content (AvgIpc) is 2.35. The Balaban J connectivity index is 2.52. The first kappa shape index (κ1) is 11.4. The standard InChI is InChI=1S/C13H11NO3S/c1-14-8-12(15)11-7-6-9-4-2-3-5-10(9)13(11)18(14,16)17/h2-7H,8H2,1H3. The summed E-state index contributed by atoms with van der Waals surface area (Å²) in [6.45, 7) is -0.0896. The summed E-state index contributed by atoms with van der Waals surface area (Å²) in [7, 11) is -2.14. The molecule has 0 aromatic heterocycles. The fraction of sp³-hybridized carbons (Fsp3) is 0.154. The van der Waals surface area contributed by atoms with Crippen molar-refractivity contribution in [1.29, 1.82) is 0 Å². The van der Waals surface area contributed by atoms with Crippen molar-refractivity contribution in [3.05, 3.63) is 42.0 Å². The normalized spacial score (nSPS) is 18.8. The quantitative estimate of drug-likeness (QED) is 0.724. The second-order valence-corrected chi connectivity index (χ2v) is 6.33. The SMILES string of the molecule is CN1CC(=O)c2ccc3ccccc3c2S1(=O)=O. The lowest BCUT2D eigenvalue weighted by Crippen LogP contribution is -2.38. The number of sulfonamides is 1. The minimum Gasteiger partial charge on any atom is -0.293 e. The van der Waals surface area contributed by atoms with E-state index in [0.29, 0.717) is 10.9 Å². The summed E-state index contributed by atoms with van der Waals surface area (Å²) in [4.78, 5) is 12.1. The highest BCUT2D eigenvalue weighted by Crippen LogP contribution is 2.32. The van der Waals surface area contributed by atoms with Crippen LogP contribution in [0.3, 0.4) is 0 Å². The summed E-state index contributed by atoms with van der Waals surface area (Å²) >= 11 is 0. The number of benzene rings is 2. The number of likely N-dealkylation sites (N-methyl/N-ethyl adjacent to an activating group) is 1. The van der Waals surface area contributed by atoms with Gasteiger partial charge in [-0.25, -0.2) is 8.42 Å². The van der Waals surface area contributed by atoms with Gasteiger partial charge in [0, 0.05) is 18.0 Å². The molecule has 0 N–H and O–H groups in total. The third-order valence-electron chi connectivity index (χ3n) is 3.21. The van der Waals surface area contributed by atoms with Crippen molar-refractivity contribution in [2.24, 2.45) is 0 Å². The third-order valence-corrected chi connectivity index (χ3v) is 5.12. The zero-order chi connectivity index (χ0) is 12.9. The summed E-state index contributed by atoms with van der Waals surface area (Å²) in [5, 5.41) is 1.43. The van der Waals surface area contributed by atoms with Crippen molar-refractivity contribution < 1.29 is 13.2 Å². The first-order valence-electron chi connectivity index (χ1n) is 5.53. The van der Waals surface area contributed by atoms with E-state index >= 15 is 0 Å². The number of hydrogen-bond donors (Lipinski definition) is 0. The maximum Gasteiger partial charge on any atom is 0.244 e. The largest absolute Gasteiger partial charge is 0.293 e. The lowest BCUT2D eigenvalue weighted by Gasteiger charge is -2.24. The van der Waals surface area contributed by atoms with Crippen LogP contribution in [0.4, 0.5) is 0 Å². The van der Waals surface area contributed by atoms with E-state index in [-0.39, 0.29) is 17.2 Å². The summed E-state index contributed by atoms with van der Waals surface area (Å²) in [6.07, 6.45) is 0. The van der Waals surface area contributed by atoms with Crippen LogP contribution in [-0.2, 0) is 10.0 Å². The molecule has 18 heavy (non-hydrogen) atoms. The maximum atomic E-state index is 12.3. The Labute approximate surface area is 105 Å². The molecule has 0 saturated carbocycles. The van der Waals surface area contributed by atoms with E-state index in [9.17, 15) is 13.2 Å². The molecule has 0 aliphatic carbocycles. The molecule has 3 rings (SSSR count). The molecule has 0 fully saturated rings. The molecule has 4 nitrogen and oxygen atoms in total. The Morgan fingerprint density at radius 1 is 1.11 bits per heavy atom. The molecular weight excluding hydrogens is 250 g/mol. The van der Waals surface area contributed by atoms with Gasteiger partial charge < -0.3 is 0 Å². The van der Waals surface area contributed by atoms with Crippen LogP contribution in [0.2, 0.25) is 0 Å². The van der Waals surface area contributed by atoms with Crippen LogP contribution in [0.25, 0.3) is 10.8 Å². The predicted molar refractivity (Wildman–Crippen MR) is 68.1 cm³/mol. The van der Waals surface area contributed by atoms with Gasteiger partial charge in [0.25, 0.3) is 0 Å². The second-order valence-electron chi connectivity index (χ2n) is 4.35. The molecule has 2 aromatic rings. The summed E-state index contributed by atoms with van der Waals surface area (Å²) in [6, 6.07) is 10.6. The zero-order valence-electron chi connectivity index (χ0n) is 9.75. The molecule has 0 unspecified atom stereocenters. The summed E-state index contributed by atoms with van der Waals surface area (Å²) in [5.74, 6) is -0.159. The number of Topliss-reactive ketones (excluding diaryl/α,β-unsaturated/α-hetero) is 1. The molecule has 0 bridgehead atoms. The van der Waals surface area contributed by atoms with Crippen molar-refractivity contribution in [3.8, 4) is 0 Å². The Morgan fingerprint density at radius 2 is 1.83 bits per heavy atom. The molecule has 0 amide bonds. The minimum absolute atomic E-state index is 0.0896. The zero-order valence-corrected chi connectivity index (χ0v) is 10.6. The monoisotopic (exact) mass is 261 g/mol. The Hall–Kier alpha value is -1.72. The summed E-state index contributed by atoms with van der Waals surface area (Å²) in [5.41, 5.74) is 0.298. The fourth-order valence-electron chi connectivity index (χ4n) is 2.27. The fourth-order valence-corrected chi connectivity index (χ4v) is 3.79. The van der Waals surface area contributed by atoms with E-state index in [1.54, 1.807) is 24.3 Å². The maximum absolute atomic E-state index is 12.3. The van der Waals surface area contributed by atoms with Gasteiger partial charge in [-0.05, 0) is 11.5 Å². The van der Waals surface area contributed by atoms with E-state index in [4.69, 9.17) is 0 Å². The van der Waals surface area contributed by atoms with Gasteiger partial charge in [-0.3, -0.25) is 4.79 Å². The molecule has 0 saturated heterocycles. The molecular formula is C13H11NO3S. The van der Waals surface area contributed by atoms with Crippen LogP contribution in [0, 0.1) is 0 Å². The number of hydrogen-bond acceptors (Lipinski definition) is 3. The number of ketones is 1. The van der Waals surface area contributed by atoms with Gasteiger partial charge in [0.1, 0.15) is 4.90 Å². The van der Waals surface area contributed by atoms with Crippen LogP contribution in [0.15, 0.2) is 41.3 Å². The van der Waals surface area contributed by atoms with Crippen LogP contribution >= 0.6 is 0 Å². The highest BCUT2D eigenvalue weighted by Gasteiger charge is 2.34. The molecule has 2 aromatic carbocycles. The highest BCUT2D eigenvalue weighted by molar-refractivity contribution is 7.89. The second kappa shape index (κ2) is 3.63. The average molecular weight is 261 g/mol. The van der Waals surface area contributed by atoms with E-state index < -0.39 is 10.0 Å². The molecule has 0 radical (unpaired) electrons. The Morgan fingerprint density at radius 3 is 2.61 bits per heavy atom.